The van der Waals surface area contributed by atoms with Gasteiger partial charge in [0.15, 0.2) is 0 Å². The molecule has 88 valence electrons. The third-order valence-corrected chi connectivity index (χ3v) is 2.37. The van der Waals surface area contributed by atoms with Crippen LogP contribution in [-0.2, 0) is 10.9 Å². The third-order valence-electron chi connectivity index (χ3n) is 1.75. The van der Waals surface area contributed by atoms with Crippen molar-refractivity contribution in [3.63, 3.8) is 0 Å². The molecule has 0 bridgehead atoms. The van der Waals surface area contributed by atoms with Gasteiger partial charge in [0.25, 0.3) is 0 Å². The van der Waals surface area contributed by atoms with Crippen molar-refractivity contribution in [1.82, 2.24) is 0 Å². The summed E-state index contributed by atoms with van der Waals surface area (Å²) in [6.07, 6.45) is -4.68. The number of benzene rings is 1. The van der Waals surface area contributed by atoms with Crippen LogP contribution in [0.5, 0.6) is 0 Å². The molecule has 1 rings (SSSR count). The summed E-state index contributed by atoms with van der Waals surface area (Å²) in [6, 6.07) is 1.67. The summed E-state index contributed by atoms with van der Waals surface area (Å²) >= 11 is 10.9. The third kappa shape index (κ3) is 2.59. The Morgan fingerprint density at radius 3 is 2.31 bits per heavy atom. The van der Waals surface area contributed by atoms with Gasteiger partial charge in [-0.25, -0.2) is 4.79 Å². The molecule has 0 aliphatic heterocycles. The number of rotatable bonds is 1. The molecule has 0 aromatic heterocycles. The van der Waals surface area contributed by atoms with Crippen LogP contribution in [0.25, 0.3) is 0 Å². The zero-order valence-electron chi connectivity index (χ0n) is 7.86. The topological polar surface area (TPSA) is 26.3 Å². The maximum Gasteiger partial charge on any atom is 0.417 e. The molecule has 0 unspecified atom stereocenters. The minimum Gasteiger partial charge on any atom is -0.465 e. The average Bonchev–Trinajstić information content (AvgIpc) is 2.18. The SMILES string of the molecule is COC(=O)c1cc(Cl)cc(C(F)(F)F)c1Cl. The molecule has 0 fully saturated rings. The van der Waals surface area contributed by atoms with E-state index in [0.717, 1.165) is 13.2 Å². The molecule has 0 heterocycles. The zero-order chi connectivity index (χ0) is 12.5. The predicted octanol–water partition coefficient (Wildman–Crippen LogP) is 3.80. The van der Waals surface area contributed by atoms with Gasteiger partial charge in [0.05, 0.1) is 23.3 Å². The van der Waals surface area contributed by atoms with Crippen molar-refractivity contribution in [2.45, 2.75) is 6.18 Å². The lowest BCUT2D eigenvalue weighted by Gasteiger charge is -2.12. The van der Waals surface area contributed by atoms with Crippen LogP contribution < -0.4 is 0 Å². The molecule has 1 aromatic carbocycles. The number of methoxy groups -OCH3 is 1. The minimum atomic E-state index is -4.68. The van der Waals surface area contributed by atoms with E-state index in [1.165, 1.54) is 0 Å². The van der Waals surface area contributed by atoms with Crippen molar-refractivity contribution in [1.29, 1.82) is 0 Å². The summed E-state index contributed by atoms with van der Waals surface area (Å²) < 4.78 is 41.7. The van der Waals surface area contributed by atoms with Crippen LogP contribution >= 0.6 is 23.2 Å². The second-order valence-electron chi connectivity index (χ2n) is 2.80. The van der Waals surface area contributed by atoms with Crippen molar-refractivity contribution in [2.24, 2.45) is 0 Å². The number of halogens is 5. The molecule has 16 heavy (non-hydrogen) atoms. The van der Waals surface area contributed by atoms with Gasteiger partial charge in [0, 0.05) is 5.02 Å². The predicted molar refractivity (Wildman–Crippen MR) is 52.8 cm³/mol. The normalized spacial score (nSPS) is 11.4. The quantitative estimate of drug-likeness (QED) is 0.727. The van der Waals surface area contributed by atoms with Crippen molar-refractivity contribution >= 4 is 29.2 Å². The summed E-state index contributed by atoms with van der Waals surface area (Å²) in [5, 5.41) is -0.958. The molecule has 0 N–H and O–H groups in total. The number of esters is 1. The molecular formula is C9H5Cl2F3O2. The van der Waals surface area contributed by atoms with Crippen molar-refractivity contribution in [3.05, 3.63) is 33.3 Å². The smallest absolute Gasteiger partial charge is 0.417 e. The summed E-state index contributed by atoms with van der Waals surface area (Å²) in [4.78, 5) is 11.1. The number of hydrogen-bond acceptors (Lipinski definition) is 2. The highest BCUT2D eigenvalue weighted by molar-refractivity contribution is 6.36. The summed E-state index contributed by atoms with van der Waals surface area (Å²) in [6.45, 7) is 0. The molecule has 0 spiro atoms. The van der Waals surface area contributed by atoms with E-state index in [1.54, 1.807) is 0 Å². The van der Waals surface area contributed by atoms with Crippen LogP contribution in [-0.4, -0.2) is 13.1 Å². The molecule has 0 atom stereocenters. The Hall–Kier alpha value is -0.940. The van der Waals surface area contributed by atoms with Gasteiger partial charge in [-0.05, 0) is 12.1 Å². The summed E-state index contributed by atoms with van der Waals surface area (Å²) in [5.41, 5.74) is -1.58. The Morgan fingerprint density at radius 1 is 1.31 bits per heavy atom. The lowest BCUT2D eigenvalue weighted by Crippen LogP contribution is -2.10. The Kier molecular flexibility index (Phi) is 3.70. The van der Waals surface area contributed by atoms with E-state index in [-0.39, 0.29) is 5.02 Å². The molecule has 2 nitrogen and oxygen atoms in total. The lowest BCUT2D eigenvalue weighted by molar-refractivity contribution is -0.137. The van der Waals surface area contributed by atoms with E-state index in [1.807, 2.05) is 0 Å². The van der Waals surface area contributed by atoms with E-state index < -0.39 is 28.3 Å². The summed E-state index contributed by atoms with van der Waals surface area (Å²) in [5.74, 6) is -0.974. The monoisotopic (exact) mass is 272 g/mol. The Bertz CT molecular complexity index is 429. The van der Waals surface area contributed by atoms with Gasteiger partial charge in [-0.3, -0.25) is 0 Å². The average molecular weight is 273 g/mol. The van der Waals surface area contributed by atoms with Crippen LogP contribution in [0.4, 0.5) is 13.2 Å². The molecule has 0 amide bonds. The van der Waals surface area contributed by atoms with Gasteiger partial charge in [-0.2, -0.15) is 13.2 Å². The van der Waals surface area contributed by atoms with E-state index in [9.17, 15) is 18.0 Å². The largest absolute Gasteiger partial charge is 0.465 e. The number of hydrogen-bond donors (Lipinski definition) is 0. The van der Waals surface area contributed by atoms with Crippen LogP contribution in [0.3, 0.4) is 0 Å². The van der Waals surface area contributed by atoms with Gasteiger partial charge in [0.1, 0.15) is 0 Å². The Labute approximate surface area is 98.9 Å². The van der Waals surface area contributed by atoms with E-state index in [0.29, 0.717) is 6.07 Å². The fourth-order valence-corrected chi connectivity index (χ4v) is 1.57. The first-order valence-electron chi connectivity index (χ1n) is 3.92. The van der Waals surface area contributed by atoms with Crippen molar-refractivity contribution in [2.75, 3.05) is 7.11 Å². The molecule has 0 saturated carbocycles. The molecule has 0 saturated heterocycles. The number of carbonyl (C=O) groups excluding carboxylic acids is 1. The van der Waals surface area contributed by atoms with Crippen LogP contribution in [0.1, 0.15) is 15.9 Å². The lowest BCUT2D eigenvalue weighted by atomic mass is 10.1. The second kappa shape index (κ2) is 4.51. The molecule has 0 radical (unpaired) electrons. The minimum absolute atomic E-state index is 0.239. The molecule has 1 aromatic rings. The van der Waals surface area contributed by atoms with Gasteiger partial charge >= 0.3 is 12.1 Å². The van der Waals surface area contributed by atoms with Crippen LogP contribution in [0, 0.1) is 0 Å². The van der Waals surface area contributed by atoms with Crippen LogP contribution in [0.15, 0.2) is 12.1 Å². The van der Waals surface area contributed by atoms with Crippen molar-refractivity contribution in [3.8, 4) is 0 Å². The molecule has 7 heteroatoms. The first kappa shape index (κ1) is 13.1. The van der Waals surface area contributed by atoms with E-state index in [4.69, 9.17) is 23.2 Å². The maximum atomic E-state index is 12.5. The van der Waals surface area contributed by atoms with E-state index >= 15 is 0 Å². The fourth-order valence-electron chi connectivity index (χ4n) is 1.05. The fraction of sp³-hybridized carbons (Fsp3) is 0.222. The maximum absolute atomic E-state index is 12.5. The van der Waals surface area contributed by atoms with Gasteiger partial charge in [-0.15, -0.1) is 0 Å². The van der Waals surface area contributed by atoms with E-state index in [2.05, 4.69) is 4.74 Å². The molecular weight excluding hydrogens is 268 g/mol. The van der Waals surface area contributed by atoms with Crippen molar-refractivity contribution < 1.29 is 22.7 Å². The Morgan fingerprint density at radius 2 is 1.88 bits per heavy atom. The summed E-state index contributed by atoms with van der Waals surface area (Å²) in [7, 11) is 1.03. The number of ether oxygens (including phenoxy) is 1. The Balaban J connectivity index is 3.44. The highest BCUT2D eigenvalue weighted by Gasteiger charge is 2.35. The molecule has 0 aliphatic rings. The number of carbonyl (C=O) groups is 1. The second-order valence-corrected chi connectivity index (χ2v) is 3.62. The zero-order valence-corrected chi connectivity index (χ0v) is 9.37. The standard InChI is InChI=1S/C9H5Cl2F3O2/c1-16-8(15)5-2-4(10)3-6(7(5)11)9(12,13)14/h2-3H,1H3. The first-order valence-corrected chi connectivity index (χ1v) is 4.67. The number of alkyl halides is 3. The van der Waals surface area contributed by atoms with Crippen LogP contribution in [0.2, 0.25) is 10.0 Å². The van der Waals surface area contributed by atoms with Gasteiger partial charge < -0.3 is 4.74 Å². The molecule has 0 aliphatic carbocycles. The van der Waals surface area contributed by atoms with Gasteiger partial charge in [0.2, 0.25) is 0 Å². The highest BCUT2D eigenvalue weighted by Crippen LogP contribution is 2.38. The first-order chi connectivity index (χ1) is 7.27. The highest BCUT2D eigenvalue weighted by atomic mass is 35.5. The van der Waals surface area contributed by atoms with Gasteiger partial charge in [-0.1, -0.05) is 23.2 Å².